The maximum absolute atomic E-state index is 12.8. The van der Waals surface area contributed by atoms with Crippen molar-refractivity contribution in [3.63, 3.8) is 0 Å². The van der Waals surface area contributed by atoms with Gasteiger partial charge in [-0.05, 0) is 55.9 Å². The molecule has 1 aliphatic rings. The Hall–Kier alpha value is -2.85. The van der Waals surface area contributed by atoms with Crippen molar-refractivity contribution in [2.75, 3.05) is 7.05 Å². The van der Waals surface area contributed by atoms with Crippen LogP contribution in [0, 0.1) is 0 Å². The van der Waals surface area contributed by atoms with Gasteiger partial charge in [-0.3, -0.25) is 0 Å². The monoisotopic (exact) mass is 451 g/mol. The van der Waals surface area contributed by atoms with E-state index in [-0.39, 0.29) is 16.6 Å². The molecule has 0 fully saturated rings. The smallest absolute Gasteiger partial charge is 0.416 e. The quantitative estimate of drug-likeness (QED) is 0.606. The van der Waals surface area contributed by atoms with E-state index in [2.05, 4.69) is 16.6 Å². The lowest BCUT2D eigenvalue weighted by molar-refractivity contribution is -0.137. The highest BCUT2D eigenvalue weighted by Crippen LogP contribution is 2.38. The van der Waals surface area contributed by atoms with Crippen LogP contribution in [0.3, 0.4) is 0 Å². The molecule has 164 valence electrons. The molecule has 6 nitrogen and oxygen atoms in total. The number of fused-ring (bicyclic) bond motifs is 1. The van der Waals surface area contributed by atoms with E-state index in [1.165, 1.54) is 37.4 Å². The summed E-state index contributed by atoms with van der Waals surface area (Å²) in [4.78, 5) is 4.69. The van der Waals surface area contributed by atoms with Crippen molar-refractivity contribution >= 4 is 10.0 Å². The Morgan fingerprint density at radius 2 is 1.87 bits per heavy atom. The van der Waals surface area contributed by atoms with Crippen molar-refractivity contribution in [1.82, 2.24) is 14.3 Å². The van der Waals surface area contributed by atoms with Crippen molar-refractivity contribution in [1.29, 1.82) is 0 Å². The van der Waals surface area contributed by atoms with Crippen LogP contribution < -0.4 is 9.46 Å². The van der Waals surface area contributed by atoms with Gasteiger partial charge >= 0.3 is 6.18 Å². The summed E-state index contributed by atoms with van der Waals surface area (Å²) in [5, 5.41) is 0. The number of ether oxygens (including phenoxy) is 1. The summed E-state index contributed by atoms with van der Waals surface area (Å²) in [6.45, 7) is 2.88. The lowest BCUT2D eigenvalue weighted by atomic mass is 10.1. The number of hydrogen-bond donors (Lipinski definition) is 1. The second-order valence-electron chi connectivity index (χ2n) is 7.36. The number of rotatable bonds is 5. The topological polar surface area (TPSA) is 73.2 Å². The van der Waals surface area contributed by atoms with E-state index in [9.17, 15) is 21.6 Å². The first-order chi connectivity index (χ1) is 14.6. The molecule has 31 heavy (non-hydrogen) atoms. The molecule has 0 saturated heterocycles. The molecule has 0 bridgehead atoms. The number of nitrogens with one attached hydrogen (secondary N) is 1. The molecular formula is C21H20F3N3O3S. The van der Waals surface area contributed by atoms with Gasteiger partial charge in [0.25, 0.3) is 0 Å². The van der Waals surface area contributed by atoms with Gasteiger partial charge in [-0.2, -0.15) is 13.2 Å². The van der Waals surface area contributed by atoms with E-state index < -0.39 is 21.8 Å². The summed E-state index contributed by atoms with van der Waals surface area (Å²) in [7, 11) is -2.40. The summed E-state index contributed by atoms with van der Waals surface area (Å²) in [5.74, 6) is 1.66. The average Bonchev–Trinajstić information content (AvgIpc) is 3.30. The molecule has 0 radical (unpaired) electrons. The fourth-order valence-corrected chi connectivity index (χ4v) is 4.27. The summed E-state index contributed by atoms with van der Waals surface area (Å²) in [6.07, 6.45) is -1.63. The summed E-state index contributed by atoms with van der Waals surface area (Å²) in [6, 6.07) is 8.61. The Kier molecular flexibility index (Phi) is 5.30. The van der Waals surface area contributed by atoms with Crippen LogP contribution >= 0.6 is 0 Å². The zero-order valence-corrected chi connectivity index (χ0v) is 17.6. The molecule has 4 rings (SSSR count). The lowest BCUT2D eigenvalue weighted by Gasteiger charge is -2.13. The van der Waals surface area contributed by atoms with Crippen molar-refractivity contribution in [2.45, 2.75) is 36.9 Å². The maximum Gasteiger partial charge on any atom is 0.416 e. The minimum atomic E-state index is -4.44. The zero-order chi connectivity index (χ0) is 22.4. The average molecular weight is 451 g/mol. The fraction of sp³-hybridized carbons (Fsp3) is 0.286. The van der Waals surface area contributed by atoms with Crippen LogP contribution in [0.1, 0.15) is 30.7 Å². The molecule has 1 N–H and O–H groups in total. The van der Waals surface area contributed by atoms with Crippen molar-refractivity contribution < 1.29 is 26.3 Å². The summed E-state index contributed by atoms with van der Waals surface area (Å²) >= 11 is 0. The lowest BCUT2D eigenvalue weighted by Crippen LogP contribution is -2.18. The van der Waals surface area contributed by atoms with Crippen LogP contribution in [0.4, 0.5) is 13.2 Å². The highest BCUT2D eigenvalue weighted by Gasteiger charge is 2.30. The largest absolute Gasteiger partial charge is 0.457 e. The Morgan fingerprint density at radius 1 is 1.16 bits per heavy atom. The number of aromatic nitrogens is 2. The number of alkyl halides is 3. The molecule has 0 aliphatic carbocycles. The molecule has 0 unspecified atom stereocenters. The van der Waals surface area contributed by atoms with E-state index in [0.717, 1.165) is 30.9 Å². The van der Waals surface area contributed by atoms with Gasteiger partial charge in [-0.25, -0.2) is 18.1 Å². The predicted molar refractivity (Wildman–Crippen MR) is 108 cm³/mol. The molecule has 1 atom stereocenters. The van der Waals surface area contributed by atoms with E-state index >= 15 is 0 Å². The highest BCUT2D eigenvalue weighted by molar-refractivity contribution is 7.89. The number of sulfonamides is 1. The molecular weight excluding hydrogens is 431 g/mol. The van der Waals surface area contributed by atoms with Gasteiger partial charge in [-0.15, -0.1) is 0 Å². The van der Waals surface area contributed by atoms with Gasteiger partial charge in [0, 0.05) is 24.2 Å². The van der Waals surface area contributed by atoms with E-state index in [4.69, 9.17) is 4.74 Å². The summed E-state index contributed by atoms with van der Waals surface area (Å²) in [5.41, 5.74) is 0.192. The van der Waals surface area contributed by atoms with E-state index in [0.29, 0.717) is 17.0 Å². The minimum absolute atomic E-state index is 0.0333. The van der Waals surface area contributed by atoms with Crippen molar-refractivity contribution in [3.8, 4) is 22.8 Å². The van der Waals surface area contributed by atoms with Crippen LogP contribution in [-0.2, 0) is 22.7 Å². The Balaban J connectivity index is 1.76. The molecule has 10 heteroatoms. The molecule has 0 amide bonds. The first kappa shape index (κ1) is 21.4. The molecule has 2 aromatic carbocycles. The van der Waals surface area contributed by atoms with Crippen LogP contribution in [0.25, 0.3) is 11.3 Å². The minimum Gasteiger partial charge on any atom is -0.457 e. The van der Waals surface area contributed by atoms with Crippen LogP contribution in [-0.4, -0.2) is 25.0 Å². The second kappa shape index (κ2) is 7.69. The number of halogens is 3. The highest BCUT2D eigenvalue weighted by atomic mass is 32.2. The number of imidazole rings is 1. The molecule has 3 aromatic rings. The van der Waals surface area contributed by atoms with Crippen molar-refractivity contribution in [2.24, 2.45) is 0 Å². The number of nitrogens with zero attached hydrogens (tertiary/aromatic N) is 2. The Labute approximate surface area is 177 Å². The standard InChI is InChI=1S/C21H20F3N3O3S/c1-13-9-10-27-12-18(26-20(13)27)17-11-16(31(28,29)25-2)7-8-19(17)30-15-5-3-14(4-6-15)21(22,23)24/h3-8,11-13,25H,9-10H2,1-2H3/t13-/m1/s1. The van der Waals surface area contributed by atoms with Gasteiger partial charge < -0.3 is 9.30 Å². The third-order valence-corrected chi connectivity index (χ3v) is 6.68. The predicted octanol–water partition coefficient (Wildman–Crippen LogP) is 4.78. The molecule has 0 spiro atoms. The molecule has 1 aliphatic heterocycles. The van der Waals surface area contributed by atoms with Gasteiger partial charge in [0.05, 0.1) is 16.2 Å². The third kappa shape index (κ3) is 4.17. The van der Waals surface area contributed by atoms with Crippen LogP contribution in [0.5, 0.6) is 11.5 Å². The Morgan fingerprint density at radius 3 is 2.48 bits per heavy atom. The summed E-state index contributed by atoms with van der Waals surface area (Å²) < 4.78 is 73.2. The van der Waals surface area contributed by atoms with E-state index in [1.807, 2.05) is 10.8 Å². The van der Waals surface area contributed by atoms with Gasteiger partial charge in [0.1, 0.15) is 17.3 Å². The number of benzene rings is 2. The van der Waals surface area contributed by atoms with Gasteiger partial charge in [0.2, 0.25) is 10.0 Å². The number of hydrogen-bond acceptors (Lipinski definition) is 4. The van der Waals surface area contributed by atoms with Crippen LogP contribution in [0.15, 0.2) is 53.6 Å². The maximum atomic E-state index is 12.8. The molecule has 0 saturated carbocycles. The third-order valence-electron chi connectivity index (χ3n) is 5.27. The van der Waals surface area contributed by atoms with Gasteiger partial charge in [0.15, 0.2) is 0 Å². The molecule has 1 aromatic heterocycles. The normalized spacial score (nSPS) is 16.4. The number of aryl methyl sites for hydroxylation is 1. The van der Waals surface area contributed by atoms with Crippen molar-refractivity contribution in [3.05, 3.63) is 60.0 Å². The van der Waals surface area contributed by atoms with E-state index in [1.54, 1.807) is 0 Å². The first-order valence-corrected chi connectivity index (χ1v) is 11.1. The second-order valence-corrected chi connectivity index (χ2v) is 9.24. The fourth-order valence-electron chi connectivity index (χ4n) is 3.52. The van der Waals surface area contributed by atoms with Gasteiger partial charge in [-0.1, -0.05) is 6.92 Å². The Bertz CT molecular complexity index is 1220. The first-order valence-electron chi connectivity index (χ1n) is 9.58. The van der Waals surface area contributed by atoms with Crippen LogP contribution in [0.2, 0.25) is 0 Å². The SMILES string of the molecule is CNS(=O)(=O)c1ccc(Oc2ccc(C(F)(F)F)cc2)c(-c2cn3c(n2)[C@H](C)CC3)c1. The molecule has 2 heterocycles. The zero-order valence-electron chi connectivity index (χ0n) is 16.8.